The molecule has 0 fully saturated rings. The monoisotopic (exact) mass is 606 g/mol. The Kier molecular flexibility index (Phi) is 12.1. The van der Waals surface area contributed by atoms with Gasteiger partial charge < -0.3 is 52.4 Å². The van der Waals surface area contributed by atoms with Crippen molar-refractivity contribution in [2.24, 2.45) is 5.73 Å². The van der Waals surface area contributed by atoms with E-state index in [1.54, 1.807) is 30.5 Å². The van der Waals surface area contributed by atoms with Crippen molar-refractivity contribution in [2.75, 3.05) is 6.54 Å². The highest BCUT2D eigenvalue weighted by Crippen LogP contribution is 2.18. The number of H-pyrrole nitrogens is 1. The van der Waals surface area contributed by atoms with E-state index in [9.17, 15) is 48.6 Å². The first-order valence-electron chi connectivity index (χ1n) is 12.5. The van der Waals surface area contributed by atoms with Crippen LogP contribution in [0.4, 0.5) is 0 Å². The molecule has 1 aromatic heterocycles. The van der Waals surface area contributed by atoms with Crippen LogP contribution >= 0.6 is 0 Å². The molecular weight excluding hydrogens is 576 g/mol. The molecule has 0 aliphatic carbocycles. The number of benzene rings is 1. The quantitative estimate of drug-likeness (QED) is 0.0866. The van der Waals surface area contributed by atoms with Crippen LogP contribution < -0.4 is 27.0 Å². The fourth-order valence-electron chi connectivity index (χ4n) is 3.89. The van der Waals surface area contributed by atoms with E-state index in [2.05, 4.69) is 10.3 Å². The molecule has 0 radical (unpaired) electrons. The summed E-state index contributed by atoms with van der Waals surface area (Å²) < 4.78 is 0. The lowest BCUT2D eigenvalue weighted by Gasteiger charge is -2.24. The average Bonchev–Trinajstić information content (AvgIpc) is 3.32. The maximum absolute atomic E-state index is 13.0. The number of carbonyl (C=O) groups is 8. The Morgan fingerprint density at radius 2 is 1.14 bits per heavy atom. The van der Waals surface area contributed by atoms with Crippen molar-refractivity contribution in [1.82, 2.24) is 26.3 Å². The van der Waals surface area contributed by atoms with Crippen molar-refractivity contribution in [2.45, 2.75) is 49.9 Å². The minimum absolute atomic E-state index is 0.00376. The van der Waals surface area contributed by atoms with Crippen LogP contribution in [0, 0.1) is 0 Å². The third kappa shape index (κ3) is 10.8. The average molecular weight is 607 g/mol. The Balaban J connectivity index is 2.17. The summed E-state index contributed by atoms with van der Waals surface area (Å²) in [5, 5.41) is 45.0. The number of carbonyl (C=O) groups excluding carboxylic acids is 4. The molecule has 4 atom stereocenters. The van der Waals surface area contributed by atoms with Crippen molar-refractivity contribution in [1.29, 1.82) is 0 Å². The molecule has 4 amide bonds. The molecule has 18 heteroatoms. The Morgan fingerprint density at radius 3 is 1.63 bits per heavy atom. The van der Waals surface area contributed by atoms with Gasteiger partial charge in [-0.15, -0.1) is 0 Å². The first kappa shape index (κ1) is 33.7. The molecule has 18 nitrogen and oxygen atoms in total. The number of amides is 4. The number of aliphatic carboxylic acids is 4. The highest BCUT2D eigenvalue weighted by Gasteiger charge is 2.33. The first-order valence-corrected chi connectivity index (χ1v) is 12.5. The molecule has 0 aliphatic heterocycles. The first-order chi connectivity index (χ1) is 20.2. The second-order valence-corrected chi connectivity index (χ2v) is 9.26. The fraction of sp³-hybridized carbons (Fsp3) is 0.360. The summed E-state index contributed by atoms with van der Waals surface area (Å²) in [6, 6.07) is 0.248. The topological polar surface area (TPSA) is 307 Å². The Morgan fingerprint density at radius 1 is 0.674 bits per heavy atom. The number of hydrogen-bond acceptors (Lipinski definition) is 9. The molecule has 1 heterocycles. The number of carboxylic acids is 4. The van der Waals surface area contributed by atoms with Crippen LogP contribution in [-0.2, 0) is 44.8 Å². The van der Waals surface area contributed by atoms with Crippen molar-refractivity contribution in [3.63, 3.8) is 0 Å². The lowest BCUT2D eigenvalue weighted by Crippen LogP contribution is -2.58. The molecule has 0 saturated heterocycles. The van der Waals surface area contributed by atoms with Crippen molar-refractivity contribution in [3.8, 4) is 0 Å². The summed E-state index contributed by atoms with van der Waals surface area (Å²) in [7, 11) is 0. The van der Waals surface area contributed by atoms with Crippen molar-refractivity contribution >= 4 is 58.4 Å². The summed E-state index contributed by atoms with van der Waals surface area (Å²) in [6.07, 6.45) is -1.49. The molecule has 0 spiro atoms. The number of nitrogens with two attached hydrogens (primary N) is 1. The van der Waals surface area contributed by atoms with Crippen LogP contribution in [0.25, 0.3) is 10.9 Å². The van der Waals surface area contributed by atoms with E-state index in [0.29, 0.717) is 5.56 Å². The molecule has 2 rings (SSSR count). The number of para-hydroxylation sites is 1. The summed E-state index contributed by atoms with van der Waals surface area (Å²) in [4.78, 5) is 98.4. The zero-order chi connectivity index (χ0) is 32.3. The molecule has 0 bridgehead atoms. The van der Waals surface area contributed by atoms with Crippen LogP contribution in [0.3, 0.4) is 0 Å². The van der Waals surface area contributed by atoms with Crippen LogP contribution in [0.15, 0.2) is 30.5 Å². The van der Waals surface area contributed by atoms with E-state index in [4.69, 9.17) is 15.9 Å². The highest BCUT2D eigenvalue weighted by molar-refractivity contribution is 5.98. The van der Waals surface area contributed by atoms with E-state index in [1.807, 2.05) is 16.0 Å². The predicted octanol–water partition coefficient (Wildman–Crippen LogP) is -2.88. The van der Waals surface area contributed by atoms with Crippen molar-refractivity contribution < 1.29 is 58.8 Å². The van der Waals surface area contributed by atoms with E-state index in [-0.39, 0.29) is 6.42 Å². The minimum atomic E-state index is -1.97. The van der Waals surface area contributed by atoms with Crippen LogP contribution in [-0.4, -0.2) is 104 Å². The molecule has 1 aromatic carbocycles. The van der Waals surface area contributed by atoms with Gasteiger partial charge in [0.05, 0.1) is 25.3 Å². The molecule has 11 N–H and O–H groups in total. The molecule has 2 aromatic rings. The lowest BCUT2D eigenvalue weighted by molar-refractivity contribution is -0.144. The SMILES string of the molecule is N[C@@H](Cc1c[nH]c2ccccc12)C(=O)N[C@@H](CC(=O)O)C(=O)N[C@@H](CC(=O)O)C(=O)N[C@@H](CC(=O)O)C(=O)NCC(=O)O. The Bertz CT molecular complexity index is 1410. The summed E-state index contributed by atoms with van der Waals surface area (Å²) in [5.41, 5.74) is 7.44. The zero-order valence-electron chi connectivity index (χ0n) is 22.4. The number of aromatic amines is 1. The lowest BCUT2D eigenvalue weighted by atomic mass is 10.0. The van der Waals surface area contributed by atoms with Crippen LogP contribution in [0.1, 0.15) is 24.8 Å². The summed E-state index contributed by atoms with van der Waals surface area (Å²) >= 11 is 0. The predicted molar refractivity (Wildman–Crippen MR) is 143 cm³/mol. The molecule has 0 unspecified atom stereocenters. The fourth-order valence-corrected chi connectivity index (χ4v) is 3.89. The third-order valence-corrected chi connectivity index (χ3v) is 5.90. The van der Waals surface area contributed by atoms with E-state index in [0.717, 1.165) is 10.9 Å². The molecule has 232 valence electrons. The van der Waals surface area contributed by atoms with Crippen molar-refractivity contribution in [3.05, 3.63) is 36.0 Å². The van der Waals surface area contributed by atoms with Gasteiger partial charge in [-0.1, -0.05) is 18.2 Å². The largest absolute Gasteiger partial charge is 0.481 e. The van der Waals surface area contributed by atoms with Gasteiger partial charge in [0.15, 0.2) is 0 Å². The van der Waals surface area contributed by atoms with Gasteiger partial charge in [0.25, 0.3) is 0 Å². The number of aromatic nitrogens is 1. The van der Waals surface area contributed by atoms with Gasteiger partial charge in [0, 0.05) is 17.1 Å². The van der Waals surface area contributed by atoms with Gasteiger partial charge in [0.1, 0.15) is 24.7 Å². The number of rotatable bonds is 17. The van der Waals surface area contributed by atoms with E-state index >= 15 is 0 Å². The van der Waals surface area contributed by atoms with E-state index < -0.39 is 97.5 Å². The number of hydrogen-bond donors (Lipinski definition) is 10. The van der Waals surface area contributed by atoms with Crippen LogP contribution in [0.5, 0.6) is 0 Å². The standard InChI is InChI=1S/C25H30N6O12/c26-13(5-11-9-27-14-4-2-1-3-12(11)14)22(40)29-16(7-19(34)35)24(42)31-17(8-20(36)37)25(43)30-15(6-18(32)33)23(41)28-10-21(38)39/h1-4,9,13,15-17,27H,5-8,10,26H2,(H,28,41)(H,29,40)(H,30,43)(H,31,42)(H,32,33)(H,34,35)(H,36,37)(H,38,39)/t13-,15-,16-,17-/m0/s1. The van der Waals surface area contributed by atoms with Gasteiger partial charge in [-0.3, -0.25) is 38.4 Å². The van der Waals surface area contributed by atoms with Gasteiger partial charge in [0.2, 0.25) is 23.6 Å². The molecule has 0 aliphatic rings. The maximum atomic E-state index is 13.0. The van der Waals surface area contributed by atoms with Gasteiger partial charge >= 0.3 is 23.9 Å². The smallest absolute Gasteiger partial charge is 0.322 e. The minimum Gasteiger partial charge on any atom is -0.481 e. The maximum Gasteiger partial charge on any atom is 0.322 e. The number of fused-ring (bicyclic) bond motifs is 1. The second-order valence-electron chi connectivity index (χ2n) is 9.26. The molecular formula is C25H30N6O12. The second kappa shape index (κ2) is 15.5. The summed E-state index contributed by atoms with van der Waals surface area (Å²) in [6.45, 7) is -0.918. The normalized spacial score (nSPS) is 13.5. The molecule has 0 saturated carbocycles. The highest BCUT2D eigenvalue weighted by atomic mass is 16.4. The van der Waals surface area contributed by atoms with E-state index in [1.165, 1.54) is 0 Å². The van der Waals surface area contributed by atoms with Gasteiger partial charge in [-0.25, -0.2) is 0 Å². The zero-order valence-corrected chi connectivity index (χ0v) is 22.4. The number of nitrogens with one attached hydrogen (secondary N) is 5. The van der Waals surface area contributed by atoms with Crippen LogP contribution in [0.2, 0.25) is 0 Å². The molecule has 43 heavy (non-hydrogen) atoms. The Hall–Kier alpha value is -5.52. The number of carboxylic acid groups (broad SMARTS) is 4. The third-order valence-electron chi connectivity index (χ3n) is 5.90. The Labute approximate surface area is 242 Å². The van der Waals surface area contributed by atoms with Gasteiger partial charge in [-0.05, 0) is 18.1 Å². The van der Waals surface area contributed by atoms with Gasteiger partial charge in [-0.2, -0.15) is 0 Å². The summed E-state index contributed by atoms with van der Waals surface area (Å²) in [5.74, 6) is -11.0.